The van der Waals surface area contributed by atoms with E-state index < -0.39 is 0 Å². The summed E-state index contributed by atoms with van der Waals surface area (Å²) in [5, 5.41) is 0. The number of hydrogen-bond donors (Lipinski definition) is 0. The SMILES string of the molecule is CCCCCCCCCCCCCCCCCCCCCCCCCCCCCCOC(C)=O. The van der Waals surface area contributed by atoms with Crippen molar-refractivity contribution in [3.05, 3.63) is 0 Å². The van der Waals surface area contributed by atoms with E-state index in [0.29, 0.717) is 6.61 Å². The van der Waals surface area contributed by atoms with Crippen LogP contribution in [0.3, 0.4) is 0 Å². The van der Waals surface area contributed by atoms with E-state index in [0.717, 1.165) is 6.42 Å². The van der Waals surface area contributed by atoms with Crippen molar-refractivity contribution in [2.75, 3.05) is 6.61 Å². The van der Waals surface area contributed by atoms with Crippen LogP contribution in [0.15, 0.2) is 0 Å². The minimum absolute atomic E-state index is 0.148. The Kier molecular flexibility index (Phi) is 30.0. The van der Waals surface area contributed by atoms with Gasteiger partial charge in [0, 0.05) is 6.92 Å². The second-order valence-electron chi connectivity index (χ2n) is 10.9. The molecule has 34 heavy (non-hydrogen) atoms. The first kappa shape index (κ1) is 33.5. The maximum Gasteiger partial charge on any atom is 0.302 e. The fraction of sp³-hybridized carbons (Fsp3) is 0.969. The van der Waals surface area contributed by atoms with Crippen LogP contribution in [0.4, 0.5) is 0 Å². The number of unbranched alkanes of at least 4 members (excludes halogenated alkanes) is 27. The van der Waals surface area contributed by atoms with Gasteiger partial charge >= 0.3 is 5.97 Å². The fourth-order valence-corrected chi connectivity index (χ4v) is 4.99. The van der Waals surface area contributed by atoms with E-state index in [9.17, 15) is 4.79 Å². The summed E-state index contributed by atoms with van der Waals surface area (Å²) in [4.78, 5) is 10.7. The summed E-state index contributed by atoms with van der Waals surface area (Å²) in [7, 11) is 0. The standard InChI is InChI=1S/C32H64O2/c1-3-4-5-6-7-8-9-10-11-12-13-14-15-16-17-18-19-20-21-22-23-24-25-26-27-28-29-30-31-34-32(2)33/h3-31H2,1-2H3. The van der Waals surface area contributed by atoms with Crippen LogP contribution in [0, 0.1) is 0 Å². The maximum absolute atomic E-state index is 10.7. The number of carbonyl (C=O) groups is 1. The molecule has 0 fully saturated rings. The van der Waals surface area contributed by atoms with Crippen LogP contribution >= 0.6 is 0 Å². The normalized spacial score (nSPS) is 11.2. The van der Waals surface area contributed by atoms with Crippen molar-refractivity contribution in [3.8, 4) is 0 Å². The first-order valence-electron chi connectivity index (χ1n) is 15.9. The Morgan fingerprint density at radius 1 is 0.382 bits per heavy atom. The van der Waals surface area contributed by atoms with Gasteiger partial charge in [-0.05, 0) is 6.42 Å². The lowest BCUT2D eigenvalue weighted by atomic mass is 10.0. The molecule has 0 aliphatic carbocycles. The van der Waals surface area contributed by atoms with Crippen molar-refractivity contribution in [2.24, 2.45) is 0 Å². The third kappa shape index (κ3) is 31.5. The maximum atomic E-state index is 10.7. The van der Waals surface area contributed by atoms with E-state index in [-0.39, 0.29) is 5.97 Å². The second kappa shape index (κ2) is 30.5. The molecule has 0 unspecified atom stereocenters. The van der Waals surface area contributed by atoms with E-state index in [1.807, 2.05) is 0 Å². The van der Waals surface area contributed by atoms with E-state index >= 15 is 0 Å². The van der Waals surface area contributed by atoms with Gasteiger partial charge in [0.25, 0.3) is 0 Å². The summed E-state index contributed by atoms with van der Waals surface area (Å²) in [6, 6.07) is 0. The highest BCUT2D eigenvalue weighted by atomic mass is 16.5. The van der Waals surface area contributed by atoms with Crippen molar-refractivity contribution < 1.29 is 9.53 Å². The van der Waals surface area contributed by atoms with Crippen LogP contribution in [-0.2, 0) is 9.53 Å². The van der Waals surface area contributed by atoms with Crippen LogP contribution < -0.4 is 0 Å². The molecule has 0 aromatic heterocycles. The highest BCUT2D eigenvalue weighted by Crippen LogP contribution is 2.16. The van der Waals surface area contributed by atoms with E-state index in [1.165, 1.54) is 180 Å². The lowest BCUT2D eigenvalue weighted by Gasteiger charge is -2.04. The van der Waals surface area contributed by atoms with Gasteiger partial charge in [-0.3, -0.25) is 4.79 Å². The van der Waals surface area contributed by atoms with Gasteiger partial charge in [-0.15, -0.1) is 0 Å². The Labute approximate surface area is 215 Å². The molecule has 0 aliphatic rings. The second-order valence-corrected chi connectivity index (χ2v) is 10.9. The number of carbonyl (C=O) groups excluding carboxylic acids is 1. The van der Waals surface area contributed by atoms with Crippen LogP contribution in [0.25, 0.3) is 0 Å². The van der Waals surface area contributed by atoms with Crippen molar-refractivity contribution in [3.63, 3.8) is 0 Å². The molecule has 2 nitrogen and oxygen atoms in total. The smallest absolute Gasteiger partial charge is 0.302 e. The molecule has 2 heteroatoms. The minimum atomic E-state index is -0.148. The van der Waals surface area contributed by atoms with Gasteiger partial charge in [0.2, 0.25) is 0 Å². The monoisotopic (exact) mass is 480 g/mol. The minimum Gasteiger partial charge on any atom is -0.466 e. The van der Waals surface area contributed by atoms with Crippen molar-refractivity contribution in [2.45, 2.75) is 194 Å². The summed E-state index contributed by atoms with van der Waals surface area (Å²) in [6.07, 6.45) is 39.8. The molecule has 0 saturated carbocycles. The van der Waals surface area contributed by atoms with E-state index in [4.69, 9.17) is 4.74 Å². The molecule has 204 valence electrons. The van der Waals surface area contributed by atoms with Crippen LogP contribution in [0.2, 0.25) is 0 Å². The predicted octanol–water partition coefficient (Wildman–Crippen LogP) is 11.5. The third-order valence-electron chi connectivity index (χ3n) is 7.30. The predicted molar refractivity (Wildman–Crippen MR) is 152 cm³/mol. The molecule has 0 radical (unpaired) electrons. The summed E-state index contributed by atoms with van der Waals surface area (Å²) in [6.45, 7) is 4.39. The number of hydrogen-bond acceptors (Lipinski definition) is 2. The summed E-state index contributed by atoms with van der Waals surface area (Å²) in [5.74, 6) is -0.148. The Morgan fingerprint density at radius 2 is 0.588 bits per heavy atom. The topological polar surface area (TPSA) is 26.3 Å². The van der Waals surface area contributed by atoms with Gasteiger partial charge in [-0.25, -0.2) is 0 Å². The van der Waals surface area contributed by atoms with Gasteiger partial charge in [0.1, 0.15) is 0 Å². The van der Waals surface area contributed by atoms with Gasteiger partial charge in [0.05, 0.1) is 6.61 Å². The molecule has 0 rings (SSSR count). The lowest BCUT2D eigenvalue weighted by molar-refractivity contribution is -0.141. The van der Waals surface area contributed by atoms with Crippen LogP contribution in [0.1, 0.15) is 194 Å². The molecular weight excluding hydrogens is 416 g/mol. The van der Waals surface area contributed by atoms with Crippen molar-refractivity contribution in [1.82, 2.24) is 0 Å². The highest BCUT2D eigenvalue weighted by molar-refractivity contribution is 5.65. The van der Waals surface area contributed by atoms with Gasteiger partial charge in [-0.1, -0.05) is 180 Å². The largest absolute Gasteiger partial charge is 0.466 e. The number of rotatable bonds is 29. The molecule has 0 atom stereocenters. The average molecular weight is 481 g/mol. The lowest BCUT2D eigenvalue weighted by Crippen LogP contribution is -2.00. The van der Waals surface area contributed by atoms with Crippen LogP contribution in [0.5, 0.6) is 0 Å². The Balaban J connectivity index is 3.01. The van der Waals surface area contributed by atoms with Crippen molar-refractivity contribution in [1.29, 1.82) is 0 Å². The highest BCUT2D eigenvalue weighted by Gasteiger charge is 1.97. The summed E-state index contributed by atoms with van der Waals surface area (Å²) in [5.41, 5.74) is 0. The molecule has 0 aliphatic heterocycles. The van der Waals surface area contributed by atoms with Gasteiger partial charge in [-0.2, -0.15) is 0 Å². The molecule has 0 spiro atoms. The first-order valence-corrected chi connectivity index (χ1v) is 15.9. The molecule has 0 aromatic carbocycles. The molecule has 0 amide bonds. The zero-order valence-electron chi connectivity index (χ0n) is 23.8. The van der Waals surface area contributed by atoms with Crippen molar-refractivity contribution >= 4 is 5.97 Å². The number of esters is 1. The quantitative estimate of drug-likeness (QED) is 0.0785. The van der Waals surface area contributed by atoms with E-state index in [1.54, 1.807) is 0 Å². The summed E-state index contributed by atoms with van der Waals surface area (Å²) >= 11 is 0. The molecule has 0 heterocycles. The Bertz CT molecular complexity index is 379. The summed E-state index contributed by atoms with van der Waals surface area (Å²) < 4.78 is 4.96. The average Bonchev–Trinajstić information content (AvgIpc) is 2.83. The Hall–Kier alpha value is -0.530. The number of ether oxygens (including phenoxy) is 1. The van der Waals surface area contributed by atoms with Gasteiger partial charge in [0.15, 0.2) is 0 Å². The first-order chi connectivity index (χ1) is 16.8. The zero-order valence-corrected chi connectivity index (χ0v) is 23.8. The Morgan fingerprint density at radius 3 is 0.794 bits per heavy atom. The van der Waals surface area contributed by atoms with Crippen LogP contribution in [-0.4, -0.2) is 12.6 Å². The molecule has 0 saturated heterocycles. The molecule has 0 N–H and O–H groups in total. The zero-order chi connectivity index (χ0) is 24.8. The molecule has 0 aromatic rings. The molecular formula is C32H64O2. The third-order valence-corrected chi connectivity index (χ3v) is 7.30. The van der Waals surface area contributed by atoms with Gasteiger partial charge < -0.3 is 4.74 Å². The molecule has 0 bridgehead atoms. The fourth-order valence-electron chi connectivity index (χ4n) is 4.99. The van der Waals surface area contributed by atoms with E-state index in [2.05, 4.69) is 6.92 Å².